The SMILES string of the molecule is C/C=C/CC(NC(=O)CCc1nc(-c2ccccn2)no1)C(=O)O. The number of nitrogens with one attached hydrogen (secondary N) is 1. The maximum atomic E-state index is 11.9. The number of amides is 1. The lowest BCUT2D eigenvalue weighted by molar-refractivity contribution is -0.141. The molecule has 1 unspecified atom stereocenters. The van der Waals surface area contributed by atoms with E-state index in [4.69, 9.17) is 9.63 Å². The average Bonchev–Trinajstić information content (AvgIpc) is 3.06. The Kier molecular flexibility index (Phi) is 6.18. The van der Waals surface area contributed by atoms with E-state index in [1.807, 2.05) is 6.07 Å². The van der Waals surface area contributed by atoms with Crippen LogP contribution in [0.25, 0.3) is 11.5 Å². The molecule has 2 N–H and O–H groups in total. The van der Waals surface area contributed by atoms with Crippen LogP contribution in [0.5, 0.6) is 0 Å². The number of nitrogens with zero attached hydrogens (tertiary/aromatic N) is 3. The largest absolute Gasteiger partial charge is 0.480 e. The van der Waals surface area contributed by atoms with Crippen molar-refractivity contribution in [2.75, 3.05) is 0 Å². The molecule has 0 saturated heterocycles. The highest BCUT2D eigenvalue weighted by Gasteiger charge is 2.19. The van der Waals surface area contributed by atoms with E-state index in [0.717, 1.165) is 0 Å². The van der Waals surface area contributed by atoms with E-state index < -0.39 is 12.0 Å². The monoisotopic (exact) mass is 330 g/mol. The summed E-state index contributed by atoms with van der Waals surface area (Å²) >= 11 is 0. The Labute approximate surface area is 138 Å². The molecule has 0 aliphatic carbocycles. The minimum atomic E-state index is -1.07. The number of carboxylic acids is 1. The van der Waals surface area contributed by atoms with E-state index in [-0.39, 0.29) is 25.2 Å². The Morgan fingerprint density at radius 1 is 1.42 bits per heavy atom. The summed E-state index contributed by atoms with van der Waals surface area (Å²) in [6.07, 6.45) is 5.57. The van der Waals surface area contributed by atoms with Gasteiger partial charge in [-0.15, -0.1) is 0 Å². The molecule has 2 aromatic heterocycles. The van der Waals surface area contributed by atoms with Gasteiger partial charge in [-0.25, -0.2) is 4.79 Å². The summed E-state index contributed by atoms with van der Waals surface area (Å²) in [5.74, 6) is -0.810. The molecule has 0 spiro atoms. The number of carboxylic acid groups (broad SMARTS) is 1. The third-order valence-corrected chi connectivity index (χ3v) is 3.17. The lowest BCUT2D eigenvalue weighted by Gasteiger charge is -2.11. The quantitative estimate of drug-likeness (QED) is 0.706. The van der Waals surface area contributed by atoms with Crippen molar-refractivity contribution in [3.63, 3.8) is 0 Å². The molecule has 0 aromatic carbocycles. The van der Waals surface area contributed by atoms with Gasteiger partial charge >= 0.3 is 5.97 Å². The molecule has 0 aliphatic rings. The van der Waals surface area contributed by atoms with Gasteiger partial charge in [0.1, 0.15) is 11.7 Å². The van der Waals surface area contributed by atoms with E-state index in [2.05, 4.69) is 20.4 Å². The van der Waals surface area contributed by atoms with Gasteiger partial charge in [0.25, 0.3) is 0 Å². The molecule has 0 radical (unpaired) electrons. The Morgan fingerprint density at radius 2 is 2.25 bits per heavy atom. The molecule has 2 rings (SSSR count). The van der Waals surface area contributed by atoms with Gasteiger partial charge in [-0.3, -0.25) is 9.78 Å². The number of pyridine rings is 1. The Hall–Kier alpha value is -3.03. The predicted octanol–water partition coefficient (Wildman–Crippen LogP) is 1.60. The fraction of sp³-hybridized carbons (Fsp3) is 0.312. The predicted molar refractivity (Wildman–Crippen MR) is 84.8 cm³/mol. The van der Waals surface area contributed by atoms with Gasteiger partial charge in [-0.1, -0.05) is 23.4 Å². The fourth-order valence-electron chi connectivity index (χ4n) is 1.94. The summed E-state index contributed by atoms with van der Waals surface area (Å²) < 4.78 is 5.08. The molecule has 0 aliphatic heterocycles. The Balaban J connectivity index is 1.88. The summed E-state index contributed by atoms with van der Waals surface area (Å²) in [5, 5.41) is 15.3. The smallest absolute Gasteiger partial charge is 0.326 e. The second-order valence-corrected chi connectivity index (χ2v) is 4.99. The third-order valence-electron chi connectivity index (χ3n) is 3.17. The van der Waals surface area contributed by atoms with Crippen molar-refractivity contribution in [1.82, 2.24) is 20.4 Å². The molecule has 0 bridgehead atoms. The molecule has 24 heavy (non-hydrogen) atoms. The van der Waals surface area contributed by atoms with E-state index in [1.54, 1.807) is 37.4 Å². The lowest BCUT2D eigenvalue weighted by atomic mass is 10.2. The van der Waals surface area contributed by atoms with Crippen molar-refractivity contribution in [3.05, 3.63) is 42.4 Å². The summed E-state index contributed by atoms with van der Waals surface area (Å²) in [5.41, 5.74) is 0.578. The minimum Gasteiger partial charge on any atom is -0.480 e. The number of aliphatic carboxylic acids is 1. The van der Waals surface area contributed by atoms with E-state index in [0.29, 0.717) is 17.4 Å². The second kappa shape index (κ2) is 8.56. The first kappa shape index (κ1) is 17.3. The van der Waals surface area contributed by atoms with Crippen LogP contribution in [0.3, 0.4) is 0 Å². The molecular weight excluding hydrogens is 312 g/mol. The summed E-state index contributed by atoms with van der Waals surface area (Å²) in [6, 6.07) is 4.39. The van der Waals surface area contributed by atoms with Gasteiger partial charge in [-0.05, 0) is 25.5 Å². The lowest BCUT2D eigenvalue weighted by Crippen LogP contribution is -2.40. The highest BCUT2D eigenvalue weighted by atomic mass is 16.5. The zero-order chi connectivity index (χ0) is 17.4. The molecule has 2 heterocycles. The molecule has 0 fully saturated rings. The van der Waals surface area contributed by atoms with E-state index in [9.17, 15) is 9.59 Å². The molecule has 8 heteroatoms. The van der Waals surface area contributed by atoms with Crippen molar-refractivity contribution in [2.45, 2.75) is 32.2 Å². The molecule has 126 valence electrons. The van der Waals surface area contributed by atoms with E-state index in [1.165, 1.54) is 0 Å². The number of rotatable bonds is 8. The van der Waals surface area contributed by atoms with Crippen molar-refractivity contribution in [3.8, 4) is 11.5 Å². The van der Waals surface area contributed by atoms with Crippen LogP contribution in [0.15, 0.2) is 41.1 Å². The molecule has 2 aromatic rings. The van der Waals surface area contributed by atoms with Gasteiger partial charge in [-0.2, -0.15) is 4.98 Å². The summed E-state index contributed by atoms with van der Waals surface area (Å²) in [4.78, 5) is 31.2. The van der Waals surface area contributed by atoms with Crippen LogP contribution in [0, 0.1) is 0 Å². The number of aromatic nitrogens is 3. The first-order chi connectivity index (χ1) is 11.6. The van der Waals surface area contributed by atoms with Gasteiger partial charge < -0.3 is 14.9 Å². The van der Waals surface area contributed by atoms with Crippen molar-refractivity contribution < 1.29 is 19.2 Å². The number of hydrogen-bond donors (Lipinski definition) is 2. The number of carbonyl (C=O) groups is 2. The van der Waals surface area contributed by atoms with Crippen LogP contribution in [-0.4, -0.2) is 38.1 Å². The van der Waals surface area contributed by atoms with Crippen molar-refractivity contribution in [2.24, 2.45) is 0 Å². The number of hydrogen-bond acceptors (Lipinski definition) is 6. The zero-order valence-electron chi connectivity index (χ0n) is 13.2. The number of carbonyl (C=O) groups excluding carboxylic acids is 1. The van der Waals surface area contributed by atoms with Gasteiger partial charge in [0.15, 0.2) is 0 Å². The van der Waals surface area contributed by atoms with Gasteiger partial charge in [0, 0.05) is 19.0 Å². The standard InChI is InChI=1S/C16H18N4O4/c1-2-3-6-12(16(22)23)18-13(21)8-9-14-19-15(20-24-14)11-7-4-5-10-17-11/h2-5,7,10,12H,6,8-9H2,1H3,(H,18,21)(H,22,23)/b3-2+. The number of aryl methyl sites for hydroxylation is 1. The maximum Gasteiger partial charge on any atom is 0.326 e. The van der Waals surface area contributed by atoms with Crippen LogP contribution in [-0.2, 0) is 16.0 Å². The zero-order valence-corrected chi connectivity index (χ0v) is 13.2. The Bertz CT molecular complexity index is 712. The van der Waals surface area contributed by atoms with Gasteiger partial charge in [0.05, 0.1) is 0 Å². The fourth-order valence-corrected chi connectivity index (χ4v) is 1.94. The summed E-state index contributed by atoms with van der Waals surface area (Å²) in [6.45, 7) is 1.79. The topological polar surface area (TPSA) is 118 Å². The molecule has 8 nitrogen and oxygen atoms in total. The molecule has 1 atom stereocenters. The Morgan fingerprint density at radius 3 is 2.92 bits per heavy atom. The highest BCUT2D eigenvalue weighted by Crippen LogP contribution is 2.12. The third kappa shape index (κ3) is 5.01. The van der Waals surface area contributed by atoms with E-state index >= 15 is 0 Å². The first-order valence-corrected chi connectivity index (χ1v) is 7.47. The van der Waals surface area contributed by atoms with Crippen LogP contribution in [0.2, 0.25) is 0 Å². The number of allylic oxidation sites excluding steroid dienone is 1. The van der Waals surface area contributed by atoms with Crippen molar-refractivity contribution in [1.29, 1.82) is 0 Å². The van der Waals surface area contributed by atoms with Crippen molar-refractivity contribution >= 4 is 11.9 Å². The van der Waals surface area contributed by atoms with Crippen LogP contribution < -0.4 is 5.32 Å². The minimum absolute atomic E-state index is 0.0590. The van der Waals surface area contributed by atoms with Gasteiger partial charge in [0.2, 0.25) is 17.6 Å². The second-order valence-electron chi connectivity index (χ2n) is 4.99. The summed E-state index contributed by atoms with van der Waals surface area (Å²) in [7, 11) is 0. The molecular formula is C16H18N4O4. The van der Waals surface area contributed by atoms with Crippen LogP contribution in [0.1, 0.15) is 25.7 Å². The molecule has 1 amide bonds. The molecule has 0 saturated carbocycles. The highest BCUT2D eigenvalue weighted by molar-refractivity contribution is 5.83. The average molecular weight is 330 g/mol. The first-order valence-electron chi connectivity index (χ1n) is 7.47. The normalized spacial score (nSPS) is 12.2. The van der Waals surface area contributed by atoms with Crippen LogP contribution >= 0.6 is 0 Å². The van der Waals surface area contributed by atoms with Crippen LogP contribution in [0.4, 0.5) is 0 Å². The maximum absolute atomic E-state index is 11.9.